The topological polar surface area (TPSA) is 111 Å². The van der Waals surface area contributed by atoms with E-state index in [4.69, 9.17) is 20.5 Å². The van der Waals surface area contributed by atoms with E-state index in [2.05, 4.69) is 0 Å². The zero-order valence-electron chi connectivity index (χ0n) is 12.2. The summed E-state index contributed by atoms with van der Waals surface area (Å²) in [5.74, 6) is 0.671. The molecule has 0 radical (unpaired) electrons. The van der Waals surface area contributed by atoms with Gasteiger partial charge in [-0.1, -0.05) is 0 Å². The van der Waals surface area contributed by atoms with Gasteiger partial charge in [0.15, 0.2) is 0 Å². The van der Waals surface area contributed by atoms with Crippen molar-refractivity contribution < 1.29 is 14.4 Å². The normalized spacial score (nSPS) is 13.0. The SMILES string of the molecule is COc1ccc([N+](=O)[O-])c(OCCCCC(C)(N)C#N)c1. The third-order valence-corrected chi connectivity index (χ3v) is 2.97. The van der Waals surface area contributed by atoms with Crippen LogP contribution >= 0.6 is 0 Å². The van der Waals surface area contributed by atoms with Crippen LogP contribution in [-0.2, 0) is 0 Å². The molecule has 0 aliphatic heterocycles. The van der Waals surface area contributed by atoms with Gasteiger partial charge in [0.1, 0.15) is 11.3 Å². The smallest absolute Gasteiger partial charge is 0.311 e. The van der Waals surface area contributed by atoms with Crippen LogP contribution in [0.5, 0.6) is 11.5 Å². The van der Waals surface area contributed by atoms with Crippen LogP contribution in [0, 0.1) is 21.4 Å². The first kappa shape index (κ1) is 16.7. The molecule has 7 nitrogen and oxygen atoms in total. The Morgan fingerprint density at radius 3 is 2.76 bits per heavy atom. The van der Waals surface area contributed by atoms with E-state index in [0.29, 0.717) is 31.6 Å². The van der Waals surface area contributed by atoms with E-state index < -0.39 is 10.5 Å². The van der Waals surface area contributed by atoms with Crippen molar-refractivity contribution in [2.24, 2.45) is 5.73 Å². The summed E-state index contributed by atoms with van der Waals surface area (Å²) in [5, 5.41) is 19.7. The molecule has 2 N–H and O–H groups in total. The summed E-state index contributed by atoms with van der Waals surface area (Å²) < 4.78 is 10.5. The first-order chi connectivity index (χ1) is 9.89. The molecule has 7 heteroatoms. The number of rotatable bonds is 8. The van der Waals surface area contributed by atoms with Crippen molar-refractivity contribution in [1.82, 2.24) is 0 Å². The number of unbranched alkanes of at least 4 members (excludes halogenated alkanes) is 1. The number of nitrogens with zero attached hydrogens (tertiary/aromatic N) is 2. The Bertz CT molecular complexity index is 538. The van der Waals surface area contributed by atoms with Crippen LogP contribution in [0.25, 0.3) is 0 Å². The maximum atomic E-state index is 10.9. The number of hydrogen-bond donors (Lipinski definition) is 1. The highest BCUT2D eigenvalue weighted by molar-refractivity contribution is 5.50. The van der Waals surface area contributed by atoms with Gasteiger partial charge in [0.25, 0.3) is 0 Å². The fraction of sp³-hybridized carbons (Fsp3) is 0.500. The highest BCUT2D eigenvalue weighted by atomic mass is 16.6. The van der Waals surface area contributed by atoms with Crippen LogP contribution in [0.1, 0.15) is 26.2 Å². The van der Waals surface area contributed by atoms with E-state index in [-0.39, 0.29) is 11.4 Å². The van der Waals surface area contributed by atoms with Gasteiger partial charge in [-0.05, 0) is 32.3 Å². The van der Waals surface area contributed by atoms with Gasteiger partial charge in [-0.2, -0.15) is 5.26 Å². The van der Waals surface area contributed by atoms with Crippen LogP contribution < -0.4 is 15.2 Å². The lowest BCUT2D eigenvalue weighted by Gasteiger charge is -2.14. The summed E-state index contributed by atoms with van der Waals surface area (Å²) in [5.41, 5.74) is 4.76. The minimum atomic E-state index is -0.845. The van der Waals surface area contributed by atoms with Crippen molar-refractivity contribution >= 4 is 5.69 Å². The van der Waals surface area contributed by atoms with Crippen molar-refractivity contribution in [3.05, 3.63) is 28.3 Å². The lowest BCUT2D eigenvalue weighted by atomic mass is 9.98. The number of benzene rings is 1. The van der Waals surface area contributed by atoms with Gasteiger partial charge in [-0.3, -0.25) is 10.1 Å². The molecule has 0 heterocycles. The summed E-state index contributed by atoms with van der Waals surface area (Å²) in [4.78, 5) is 10.4. The molecule has 0 amide bonds. The molecule has 0 spiro atoms. The Kier molecular flexibility index (Phi) is 5.93. The molecule has 1 rings (SSSR count). The summed E-state index contributed by atoms with van der Waals surface area (Å²) >= 11 is 0. The predicted molar refractivity (Wildman–Crippen MR) is 77.2 cm³/mol. The molecule has 1 aromatic rings. The molecule has 0 bridgehead atoms. The largest absolute Gasteiger partial charge is 0.497 e. The molecular weight excluding hydrogens is 274 g/mol. The first-order valence-electron chi connectivity index (χ1n) is 6.55. The van der Waals surface area contributed by atoms with Gasteiger partial charge >= 0.3 is 5.69 Å². The molecule has 0 fully saturated rings. The summed E-state index contributed by atoms with van der Waals surface area (Å²) in [6, 6.07) is 6.37. The number of nitrogens with two attached hydrogens (primary N) is 1. The highest BCUT2D eigenvalue weighted by Crippen LogP contribution is 2.31. The molecule has 114 valence electrons. The van der Waals surface area contributed by atoms with E-state index in [1.807, 2.05) is 6.07 Å². The molecule has 1 atom stereocenters. The standard InChI is InChI=1S/C14H19N3O4/c1-14(16,10-15)7-3-4-8-21-13-9-11(20-2)5-6-12(13)17(18)19/h5-6,9H,3-4,7-8,16H2,1-2H3. The Balaban J connectivity index is 2.55. The molecule has 0 saturated heterocycles. The molecular formula is C14H19N3O4. The minimum absolute atomic E-state index is 0.100. The number of hydrogen-bond acceptors (Lipinski definition) is 6. The van der Waals surface area contributed by atoms with Crippen molar-refractivity contribution in [3.63, 3.8) is 0 Å². The molecule has 21 heavy (non-hydrogen) atoms. The van der Waals surface area contributed by atoms with Crippen LogP contribution in [0.2, 0.25) is 0 Å². The van der Waals surface area contributed by atoms with E-state index in [1.54, 1.807) is 6.92 Å². The lowest BCUT2D eigenvalue weighted by Crippen LogP contribution is -2.33. The minimum Gasteiger partial charge on any atom is -0.497 e. The fourth-order valence-corrected chi connectivity index (χ4v) is 1.72. The maximum absolute atomic E-state index is 10.9. The predicted octanol–water partition coefficient (Wildman–Crippen LogP) is 2.39. The Morgan fingerprint density at radius 2 is 2.19 bits per heavy atom. The number of nitriles is 1. The van der Waals surface area contributed by atoms with Crippen LogP contribution in [0.4, 0.5) is 5.69 Å². The van der Waals surface area contributed by atoms with E-state index in [1.165, 1.54) is 25.3 Å². The lowest BCUT2D eigenvalue weighted by molar-refractivity contribution is -0.385. The summed E-state index contributed by atoms with van der Waals surface area (Å²) in [6.07, 6.45) is 1.91. The highest BCUT2D eigenvalue weighted by Gasteiger charge is 2.17. The maximum Gasteiger partial charge on any atom is 0.311 e. The average Bonchev–Trinajstić information content (AvgIpc) is 2.46. The second-order valence-electron chi connectivity index (χ2n) is 4.93. The van der Waals surface area contributed by atoms with Crippen molar-refractivity contribution in [2.75, 3.05) is 13.7 Å². The van der Waals surface area contributed by atoms with E-state index >= 15 is 0 Å². The zero-order valence-corrected chi connectivity index (χ0v) is 12.2. The van der Waals surface area contributed by atoms with Crippen LogP contribution in [-0.4, -0.2) is 24.2 Å². The number of nitro groups is 1. The second-order valence-corrected chi connectivity index (χ2v) is 4.93. The zero-order chi connectivity index (χ0) is 15.9. The molecule has 1 unspecified atom stereocenters. The molecule has 1 aromatic carbocycles. The van der Waals surface area contributed by atoms with Gasteiger partial charge in [0.2, 0.25) is 5.75 Å². The number of nitro benzene ring substituents is 1. The van der Waals surface area contributed by atoms with E-state index in [9.17, 15) is 10.1 Å². The Hall–Kier alpha value is -2.33. The Labute approximate surface area is 123 Å². The van der Waals surface area contributed by atoms with Crippen LogP contribution in [0.3, 0.4) is 0 Å². The van der Waals surface area contributed by atoms with Gasteiger partial charge in [0, 0.05) is 12.1 Å². The van der Waals surface area contributed by atoms with Crippen molar-refractivity contribution in [1.29, 1.82) is 5.26 Å². The molecule has 0 aliphatic carbocycles. The summed E-state index contributed by atoms with van der Waals surface area (Å²) in [7, 11) is 1.48. The van der Waals surface area contributed by atoms with Crippen molar-refractivity contribution in [3.8, 4) is 17.6 Å². The average molecular weight is 293 g/mol. The Morgan fingerprint density at radius 1 is 1.48 bits per heavy atom. The monoisotopic (exact) mass is 293 g/mol. The fourth-order valence-electron chi connectivity index (χ4n) is 1.72. The molecule has 0 aliphatic rings. The van der Waals surface area contributed by atoms with Crippen LogP contribution in [0.15, 0.2) is 18.2 Å². The molecule has 0 saturated carbocycles. The summed E-state index contributed by atoms with van der Waals surface area (Å²) in [6.45, 7) is 1.98. The van der Waals surface area contributed by atoms with Gasteiger partial charge in [-0.15, -0.1) is 0 Å². The number of ether oxygens (including phenoxy) is 2. The molecule has 0 aromatic heterocycles. The second kappa shape index (κ2) is 7.45. The van der Waals surface area contributed by atoms with Gasteiger partial charge in [0.05, 0.1) is 24.7 Å². The van der Waals surface area contributed by atoms with E-state index in [0.717, 1.165) is 0 Å². The van der Waals surface area contributed by atoms with Crippen molar-refractivity contribution in [2.45, 2.75) is 31.7 Å². The third-order valence-electron chi connectivity index (χ3n) is 2.97. The van der Waals surface area contributed by atoms with Gasteiger partial charge in [-0.25, -0.2) is 0 Å². The number of methoxy groups -OCH3 is 1. The third kappa shape index (κ3) is 5.28. The first-order valence-corrected chi connectivity index (χ1v) is 6.55. The van der Waals surface area contributed by atoms with Gasteiger partial charge < -0.3 is 15.2 Å². The quantitative estimate of drug-likeness (QED) is 0.447.